The fourth-order valence-electron chi connectivity index (χ4n) is 3.85. The van der Waals surface area contributed by atoms with E-state index < -0.39 is 0 Å². The molecule has 0 aromatic carbocycles. The third kappa shape index (κ3) is 4.13. The Hall–Kier alpha value is -2.41. The fourth-order valence-corrected chi connectivity index (χ4v) is 3.85. The molecule has 1 amide bonds. The molecule has 144 valence electrons. The number of anilines is 1. The van der Waals surface area contributed by atoms with Crippen molar-refractivity contribution in [3.05, 3.63) is 41.1 Å². The maximum absolute atomic E-state index is 12.8. The Morgan fingerprint density at radius 3 is 2.33 bits per heavy atom. The zero-order valence-electron chi connectivity index (χ0n) is 16.1. The summed E-state index contributed by atoms with van der Waals surface area (Å²) in [6, 6.07) is 5.72. The number of aryl methyl sites for hydroxylation is 2. The van der Waals surface area contributed by atoms with Crippen LogP contribution in [0.3, 0.4) is 0 Å². The Balaban J connectivity index is 1.35. The van der Waals surface area contributed by atoms with Crippen molar-refractivity contribution >= 4 is 11.9 Å². The predicted octanol–water partition coefficient (Wildman–Crippen LogP) is 2.24. The van der Waals surface area contributed by atoms with Crippen LogP contribution < -0.4 is 4.90 Å². The summed E-state index contributed by atoms with van der Waals surface area (Å²) in [4.78, 5) is 28.2. The minimum absolute atomic E-state index is 0.0244. The largest absolute Gasteiger partial charge is 0.455 e. The Bertz CT molecular complexity index is 784. The number of rotatable bonds is 4. The lowest BCUT2D eigenvalue weighted by Gasteiger charge is -2.34. The van der Waals surface area contributed by atoms with Gasteiger partial charge >= 0.3 is 0 Å². The van der Waals surface area contributed by atoms with Crippen LogP contribution in [0.2, 0.25) is 0 Å². The molecule has 4 heterocycles. The highest BCUT2D eigenvalue weighted by Gasteiger charge is 2.26. The smallest absolute Gasteiger partial charge is 0.289 e. The summed E-state index contributed by atoms with van der Waals surface area (Å²) in [7, 11) is 0. The van der Waals surface area contributed by atoms with Gasteiger partial charge in [0, 0.05) is 37.6 Å². The minimum atomic E-state index is -0.0244. The molecule has 7 nitrogen and oxygen atoms in total. The molecule has 0 unspecified atom stereocenters. The van der Waals surface area contributed by atoms with Gasteiger partial charge in [0.2, 0.25) is 5.95 Å². The van der Waals surface area contributed by atoms with Gasteiger partial charge in [-0.25, -0.2) is 9.97 Å². The molecule has 2 saturated heterocycles. The number of aromatic nitrogens is 2. The van der Waals surface area contributed by atoms with Crippen molar-refractivity contribution in [3.63, 3.8) is 0 Å². The third-order valence-electron chi connectivity index (χ3n) is 5.27. The van der Waals surface area contributed by atoms with Crippen molar-refractivity contribution < 1.29 is 9.21 Å². The Kier molecular flexibility index (Phi) is 5.11. The molecule has 0 radical (unpaired) electrons. The fraction of sp³-hybridized carbons (Fsp3) is 0.550. The van der Waals surface area contributed by atoms with Crippen LogP contribution in [0, 0.1) is 13.8 Å². The second kappa shape index (κ2) is 7.68. The van der Waals surface area contributed by atoms with Gasteiger partial charge in [0.05, 0.1) is 6.54 Å². The lowest BCUT2D eigenvalue weighted by atomic mass is 10.3. The van der Waals surface area contributed by atoms with Crippen LogP contribution in [-0.2, 0) is 6.54 Å². The van der Waals surface area contributed by atoms with Crippen LogP contribution >= 0.6 is 0 Å². The van der Waals surface area contributed by atoms with Crippen molar-refractivity contribution in [2.45, 2.75) is 33.2 Å². The molecule has 27 heavy (non-hydrogen) atoms. The van der Waals surface area contributed by atoms with E-state index in [0.29, 0.717) is 18.8 Å². The second-order valence-corrected chi connectivity index (χ2v) is 7.48. The first kappa shape index (κ1) is 18.0. The molecule has 2 aromatic heterocycles. The monoisotopic (exact) mass is 369 g/mol. The Labute approximate surface area is 160 Å². The highest BCUT2D eigenvalue weighted by molar-refractivity contribution is 5.91. The van der Waals surface area contributed by atoms with Crippen LogP contribution in [0.4, 0.5) is 5.95 Å². The molecule has 0 N–H and O–H groups in total. The van der Waals surface area contributed by atoms with Gasteiger partial charge in [-0.05, 0) is 58.0 Å². The van der Waals surface area contributed by atoms with Crippen LogP contribution in [0.25, 0.3) is 0 Å². The van der Waals surface area contributed by atoms with Crippen LogP contribution in [0.5, 0.6) is 0 Å². The van der Waals surface area contributed by atoms with E-state index in [1.165, 1.54) is 12.8 Å². The molecular weight excluding hydrogens is 342 g/mol. The van der Waals surface area contributed by atoms with E-state index >= 15 is 0 Å². The van der Waals surface area contributed by atoms with Gasteiger partial charge < -0.3 is 14.2 Å². The summed E-state index contributed by atoms with van der Waals surface area (Å²) in [6.07, 6.45) is 2.50. The maximum Gasteiger partial charge on any atom is 0.289 e. The highest BCUT2D eigenvalue weighted by Crippen LogP contribution is 2.18. The zero-order chi connectivity index (χ0) is 18.8. The molecule has 0 aliphatic carbocycles. The zero-order valence-corrected chi connectivity index (χ0v) is 16.1. The van der Waals surface area contributed by atoms with Crippen molar-refractivity contribution in [1.29, 1.82) is 0 Å². The van der Waals surface area contributed by atoms with E-state index in [2.05, 4.69) is 19.8 Å². The molecular formula is C20H27N5O2. The molecule has 2 fully saturated rings. The standard InChI is InChI=1S/C20H27N5O2/c1-15-13-16(2)22-20(21-15)25-11-9-24(10-12-25)19(26)18-6-5-17(27-18)14-23-7-3-4-8-23/h5-6,13H,3-4,7-12,14H2,1-2H3. The van der Waals surface area contributed by atoms with E-state index in [9.17, 15) is 4.79 Å². The molecule has 0 bridgehead atoms. The number of likely N-dealkylation sites (tertiary alicyclic amines) is 1. The average Bonchev–Trinajstić information content (AvgIpc) is 3.33. The van der Waals surface area contributed by atoms with E-state index in [-0.39, 0.29) is 5.91 Å². The lowest BCUT2D eigenvalue weighted by molar-refractivity contribution is 0.0710. The van der Waals surface area contributed by atoms with E-state index in [0.717, 1.165) is 55.8 Å². The summed E-state index contributed by atoms with van der Waals surface area (Å²) >= 11 is 0. The van der Waals surface area contributed by atoms with Crippen LogP contribution in [0.1, 0.15) is 40.5 Å². The third-order valence-corrected chi connectivity index (χ3v) is 5.27. The van der Waals surface area contributed by atoms with Crippen molar-refractivity contribution in [3.8, 4) is 0 Å². The quantitative estimate of drug-likeness (QED) is 0.824. The Morgan fingerprint density at radius 1 is 1.00 bits per heavy atom. The number of carbonyl (C=O) groups is 1. The first-order valence-corrected chi connectivity index (χ1v) is 9.76. The predicted molar refractivity (Wildman–Crippen MR) is 103 cm³/mol. The number of carbonyl (C=O) groups excluding carboxylic acids is 1. The number of hydrogen-bond acceptors (Lipinski definition) is 6. The summed E-state index contributed by atoms with van der Waals surface area (Å²) in [5.74, 6) is 2.05. The molecule has 2 aliphatic heterocycles. The topological polar surface area (TPSA) is 65.7 Å². The summed E-state index contributed by atoms with van der Waals surface area (Å²) in [6.45, 7) is 9.76. The van der Waals surface area contributed by atoms with Gasteiger partial charge in [-0.2, -0.15) is 0 Å². The first-order chi connectivity index (χ1) is 13.1. The average molecular weight is 369 g/mol. The summed E-state index contributed by atoms with van der Waals surface area (Å²) in [5, 5.41) is 0. The number of furan rings is 1. The van der Waals surface area contributed by atoms with Gasteiger partial charge in [-0.1, -0.05) is 0 Å². The highest BCUT2D eigenvalue weighted by atomic mass is 16.4. The van der Waals surface area contributed by atoms with Crippen molar-refractivity contribution in [2.24, 2.45) is 0 Å². The van der Waals surface area contributed by atoms with E-state index in [1.807, 2.05) is 36.9 Å². The molecule has 7 heteroatoms. The summed E-state index contributed by atoms with van der Waals surface area (Å²) < 4.78 is 5.83. The van der Waals surface area contributed by atoms with Gasteiger partial charge in [0.25, 0.3) is 5.91 Å². The normalized spacial score (nSPS) is 18.3. The van der Waals surface area contributed by atoms with Crippen molar-refractivity contribution in [2.75, 3.05) is 44.2 Å². The molecule has 0 spiro atoms. The second-order valence-electron chi connectivity index (χ2n) is 7.48. The van der Waals surface area contributed by atoms with E-state index in [4.69, 9.17) is 4.42 Å². The minimum Gasteiger partial charge on any atom is -0.455 e. The van der Waals surface area contributed by atoms with Gasteiger partial charge in [-0.3, -0.25) is 9.69 Å². The number of amides is 1. The van der Waals surface area contributed by atoms with Gasteiger partial charge in [0.15, 0.2) is 5.76 Å². The maximum atomic E-state index is 12.8. The number of piperazine rings is 1. The van der Waals surface area contributed by atoms with Gasteiger partial charge in [0.1, 0.15) is 5.76 Å². The number of hydrogen-bond donors (Lipinski definition) is 0. The van der Waals surface area contributed by atoms with Crippen LogP contribution in [-0.4, -0.2) is 64.9 Å². The molecule has 2 aliphatic rings. The SMILES string of the molecule is Cc1cc(C)nc(N2CCN(C(=O)c3ccc(CN4CCCC4)o3)CC2)n1. The molecule has 2 aromatic rings. The first-order valence-electron chi connectivity index (χ1n) is 9.76. The van der Waals surface area contributed by atoms with Crippen LogP contribution in [0.15, 0.2) is 22.6 Å². The van der Waals surface area contributed by atoms with Crippen molar-refractivity contribution in [1.82, 2.24) is 19.8 Å². The lowest BCUT2D eigenvalue weighted by Crippen LogP contribution is -2.49. The molecule has 0 atom stereocenters. The van der Waals surface area contributed by atoms with Gasteiger partial charge in [-0.15, -0.1) is 0 Å². The molecule has 4 rings (SSSR count). The Morgan fingerprint density at radius 2 is 1.67 bits per heavy atom. The summed E-state index contributed by atoms with van der Waals surface area (Å²) in [5.41, 5.74) is 1.94. The molecule has 0 saturated carbocycles. The van der Waals surface area contributed by atoms with E-state index in [1.54, 1.807) is 0 Å². The number of nitrogens with zero attached hydrogens (tertiary/aromatic N) is 5.